The zero-order valence-electron chi connectivity index (χ0n) is 5.90. The Morgan fingerprint density at radius 1 is 1.55 bits per heavy atom. The van der Waals surface area contributed by atoms with E-state index in [1.54, 1.807) is 19.1 Å². The van der Waals surface area contributed by atoms with Crippen LogP contribution in [0, 0.1) is 6.92 Å². The Labute approximate surface area is 72.4 Å². The number of rotatable bonds is 1. The van der Waals surface area contributed by atoms with Crippen LogP contribution < -0.4 is 0 Å². The van der Waals surface area contributed by atoms with Gasteiger partial charge in [-0.2, -0.15) is 4.39 Å². The largest absolute Gasteiger partial charge is 0.332 e. The third-order valence-corrected chi connectivity index (χ3v) is 1.90. The van der Waals surface area contributed by atoms with E-state index in [1.165, 1.54) is 6.07 Å². The van der Waals surface area contributed by atoms with Crippen LogP contribution in [0.3, 0.4) is 0 Å². The van der Waals surface area contributed by atoms with Crippen LogP contribution in [0.25, 0.3) is 0 Å². The van der Waals surface area contributed by atoms with E-state index in [1.807, 2.05) is 0 Å². The lowest BCUT2D eigenvalue weighted by Crippen LogP contribution is -1.93. The van der Waals surface area contributed by atoms with E-state index in [0.29, 0.717) is 10.0 Å². The first-order valence-electron chi connectivity index (χ1n) is 3.07. The molecule has 0 radical (unpaired) electrons. The first-order valence-corrected chi connectivity index (χ1v) is 3.86. The van der Waals surface area contributed by atoms with Gasteiger partial charge in [-0.05, 0) is 24.6 Å². The topological polar surface area (TPSA) is 17.1 Å². The van der Waals surface area contributed by atoms with Crippen LogP contribution >= 0.6 is 15.9 Å². The molecule has 1 rings (SSSR count). The summed E-state index contributed by atoms with van der Waals surface area (Å²) >= 11 is 3.15. The van der Waals surface area contributed by atoms with Gasteiger partial charge in [-0.3, -0.25) is 4.79 Å². The summed E-state index contributed by atoms with van der Waals surface area (Å²) in [4.78, 5) is 10.3. The van der Waals surface area contributed by atoms with Crippen LogP contribution in [-0.2, 0) is 0 Å². The van der Waals surface area contributed by atoms with Gasteiger partial charge in [0.15, 0.2) is 0 Å². The summed E-state index contributed by atoms with van der Waals surface area (Å²) in [6.07, 6.45) is 0. The van der Waals surface area contributed by atoms with Gasteiger partial charge in [-0.25, -0.2) is 0 Å². The smallest absolute Gasteiger partial charge is 0.255 e. The van der Waals surface area contributed by atoms with Crippen molar-refractivity contribution in [3.05, 3.63) is 33.8 Å². The van der Waals surface area contributed by atoms with Gasteiger partial charge in [0.05, 0.1) is 5.56 Å². The zero-order valence-corrected chi connectivity index (χ0v) is 7.48. The van der Waals surface area contributed by atoms with Crippen molar-refractivity contribution in [2.45, 2.75) is 6.92 Å². The van der Waals surface area contributed by atoms with Gasteiger partial charge in [-0.1, -0.05) is 22.0 Å². The molecule has 0 saturated carbocycles. The lowest BCUT2D eigenvalue weighted by Gasteiger charge is -1.98. The number of carbonyl (C=O) groups excluding carboxylic acids is 1. The van der Waals surface area contributed by atoms with Crippen molar-refractivity contribution in [1.82, 2.24) is 0 Å². The maximum Gasteiger partial charge on any atom is 0.332 e. The molecule has 0 saturated heterocycles. The highest BCUT2D eigenvalue weighted by molar-refractivity contribution is 9.10. The molecular formula is C8H6BrFO. The van der Waals surface area contributed by atoms with Crippen molar-refractivity contribution >= 4 is 22.0 Å². The summed E-state index contributed by atoms with van der Waals surface area (Å²) in [5.74, 6) is 0. The maximum absolute atomic E-state index is 12.2. The molecule has 0 aliphatic rings. The second kappa shape index (κ2) is 3.13. The molecule has 0 aliphatic heterocycles. The van der Waals surface area contributed by atoms with E-state index in [4.69, 9.17) is 0 Å². The van der Waals surface area contributed by atoms with E-state index in [0.717, 1.165) is 0 Å². The fourth-order valence-corrected chi connectivity index (χ4v) is 1.17. The van der Waals surface area contributed by atoms with Gasteiger partial charge in [0.25, 0.3) is 0 Å². The molecule has 0 heterocycles. The molecule has 0 spiro atoms. The average Bonchev–Trinajstić information content (AvgIpc) is 1.94. The summed E-state index contributed by atoms with van der Waals surface area (Å²) in [5.41, 5.74) is 0.778. The average molecular weight is 217 g/mol. The Bertz CT molecular complexity index is 296. The van der Waals surface area contributed by atoms with E-state index in [9.17, 15) is 9.18 Å². The summed E-state index contributed by atoms with van der Waals surface area (Å²) < 4.78 is 12.9. The van der Waals surface area contributed by atoms with Gasteiger partial charge in [0.2, 0.25) is 0 Å². The Morgan fingerprint density at radius 3 is 2.64 bits per heavy atom. The predicted molar refractivity (Wildman–Crippen MR) is 44.3 cm³/mol. The predicted octanol–water partition coefficient (Wildman–Crippen LogP) is 2.87. The van der Waals surface area contributed by atoms with Crippen LogP contribution in [-0.4, -0.2) is 6.04 Å². The monoisotopic (exact) mass is 216 g/mol. The van der Waals surface area contributed by atoms with Crippen LogP contribution in [0.2, 0.25) is 0 Å². The van der Waals surface area contributed by atoms with Gasteiger partial charge in [-0.15, -0.1) is 0 Å². The molecule has 0 unspecified atom stereocenters. The summed E-state index contributed by atoms with van der Waals surface area (Å²) in [7, 11) is 0. The van der Waals surface area contributed by atoms with E-state index < -0.39 is 6.04 Å². The Morgan fingerprint density at radius 2 is 2.18 bits per heavy atom. The molecule has 1 nitrogen and oxygen atoms in total. The Balaban J connectivity index is 3.23. The third kappa shape index (κ3) is 1.87. The number of halogens is 2. The molecule has 0 N–H and O–H groups in total. The molecule has 1 aromatic rings. The molecule has 3 heteroatoms. The molecule has 0 bridgehead atoms. The minimum atomic E-state index is -1.39. The number of aryl methyl sites for hydroxylation is 1. The molecule has 58 valence electrons. The number of hydrogen-bond acceptors (Lipinski definition) is 1. The lowest BCUT2D eigenvalue weighted by molar-refractivity contribution is 0.0835. The molecular weight excluding hydrogens is 211 g/mol. The zero-order chi connectivity index (χ0) is 8.43. The van der Waals surface area contributed by atoms with Crippen molar-refractivity contribution in [2.75, 3.05) is 0 Å². The lowest BCUT2D eigenvalue weighted by atomic mass is 10.1. The Hall–Kier alpha value is -0.700. The fourth-order valence-electron chi connectivity index (χ4n) is 0.806. The molecule has 11 heavy (non-hydrogen) atoms. The second-order valence-electron chi connectivity index (χ2n) is 2.23. The molecule has 0 aliphatic carbocycles. The van der Waals surface area contributed by atoms with Crippen LogP contribution in [0.4, 0.5) is 4.39 Å². The second-order valence-corrected chi connectivity index (χ2v) is 3.15. The van der Waals surface area contributed by atoms with Crippen molar-refractivity contribution in [3.63, 3.8) is 0 Å². The third-order valence-electron chi connectivity index (χ3n) is 1.41. The number of carbonyl (C=O) groups is 1. The summed E-state index contributed by atoms with van der Waals surface area (Å²) in [6.45, 7) is 1.69. The normalized spacial score (nSPS) is 9.73. The molecule has 0 aromatic heterocycles. The van der Waals surface area contributed by atoms with Crippen LogP contribution in [0.5, 0.6) is 0 Å². The molecule has 0 amide bonds. The van der Waals surface area contributed by atoms with Gasteiger partial charge >= 0.3 is 6.04 Å². The minimum absolute atomic E-state index is 0.124. The summed E-state index contributed by atoms with van der Waals surface area (Å²) in [5, 5.41) is 0. The van der Waals surface area contributed by atoms with Crippen molar-refractivity contribution in [1.29, 1.82) is 0 Å². The molecule has 0 fully saturated rings. The quantitative estimate of drug-likeness (QED) is 0.661. The summed E-state index contributed by atoms with van der Waals surface area (Å²) in [6, 6.07) is 3.54. The fraction of sp³-hybridized carbons (Fsp3) is 0.125. The highest BCUT2D eigenvalue weighted by Crippen LogP contribution is 2.16. The van der Waals surface area contributed by atoms with E-state index >= 15 is 0 Å². The first-order chi connectivity index (χ1) is 5.11. The van der Waals surface area contributed by atoms with Crippen LogP contribution in [0.15, 0.2) is 22.7 Å². The van der Waals surface area contributed by atoms with E-state index in [2.05, 4.69) is 15.9 Å². The number of benzene rings is 1. The maximum atomic E-state index is 12.2. The van der Waals surface area contributed by atoms with Gasteiger partial charge < -0.3 is 0 Å². The van der Waals surface area contributed by atoms with Gasteiger partial charge in [0.1, 0.15) is 0 Å². The minimum Gasteiger partial charge on any atom is -0.255 e. The highest BCUT2D eigenvalue weighted by atomic mass is 79.9. The van der Waals surface area contributed by atoms with Crippen LogP contribution in [0.1, 0.15) is 15.9 Å². The highest BCUT2D eigenvalue weighted by Gasteiger charge is 2.06. The molecule has 0 atom stereocenters. The van der Waals surface area contributed by atoms with E-state index in [-0.39, 0.29) is 5.56 Å². The van der Waals surface area contributed by atoms with Crippen molar-refractivity contribution < 1.29 is 9.18 Å². The Kier molecular flexibility index (Phi) is 2.39. The SMILES string of the molecule is Cc1ccc(Br)cc1C(=O)F. The van der Waals surface area contributed by atoms with Crippen molar-refractivity contribution in [3.8, 4) is 0 Å². The first kappa shape index (κ1) is 8.40. The van der Waals surface area contributed by atoms with Gasteiger partial charge in [0, 0.05) is 4.47 Å². The number of hydrogen-bond donors (Lipinski definition) is 0. The standard InChI is InChI=1S/C8H6BrFO/c1-5-2-3-6(9)4-7(5)8(10)11/h2-4H,1H3. The van der Waals surface area contributed by atoms with Crippen molar-refractivity contribution in [2.24, 2.45) is 0 Å². The molecule has 1 aromatic carbocycles.